The van der Waals surface area contributed by atoms with Crippen molar-refractivity contribution in [2.75, 3.05) is 19.6 Å². The SMILES string of the molecule is CC(C)(C)CN1CCC(OC(C)(C)C)CC1. The molecule has 1 aliphatic heterocycles. The molecule has 1 heterocycles. The Hall–Kier alpha value is -0.0800. The van der Waals surface area contributed by atoms with Gasteiger partial charge in [-0.15, -0.1) is 0 Å². The summed E-state index contributed by atoms with van der Waals surface area (Å²) in [5.74, 6) is 0. The van der Waals surface area contributed by atoms with Crippen molar-refractivity contribution >= 4 is 0 Å². The zero-order chi connectivity index (χ0) is 12.4. The third-order valence-electron chi connectivity index (χ3n) is 2.75. The molecule has 0 amide bonds. The summed E-state index contributed by atoms with van der Waals surface area (Å²) in [6.07, 6.45) is 2.84. The summed E-state index contributed by atoms with van der Waals surface area (Å²) in [5, 5.41) is 0. The Morgan fingerprint density at radius 3 is 1.88 bits per heavy atom. The highest BCUT2D eigenvalue weighted by molar-refractivity contribution is 4.78. The summed E-state index contributed by atoms with van der Waals surface area (Å²) >= 11 is 0. The average Bonchev–Trinajstić information content (AvgIpc) is 2.03. The largest absolute Gasteiger partial charge is 0.373 e. The Morgan fingerprint density at radius 1 is 1.00 bits per heavy atom. The first-order valence-electron chi connectivity index (χ1n) is 6.56. The summed E-state index contributed by atoms with van der Waals surface area (Å²) in [4.78, 5) is 2.57. The first-order valence-corrected chi connectivity index (χ1v) is 6.56. The minimum atomic E-state index is 0.0108. The Balaban J connectivity index is 2.29. The molecule has 1 rings (SSSR count). The van der Waals surface area contributed by atoms with E-state index in [0.717, 1.165) is 0 Å². The molecule has 0 aromatic rings. The molecule has 0 aliphatic carbocycles. The van der Waals surface area contributed by atoms with Crippen LogP contribution in [0.1, 0.15) is 54.4 Å². The first kappa shape index (κ1) is 14.0. The second-order valence-electron chi connectivity index (χ2n) is 7.27. The molecule has 0 aromatic carbocycles. The van der Waals surface area contributed by atoms with Crippen LogP contribution < -0.4 is 0 Å². The van der Waals surface area contributed by atoms with E-state index in [1.54, 1.807) is 0 Å². The monoisotopic (exact) mass is 227 g/mol. The van der Waals surface area contributed by atoms with Gasteiger partial charge >= 0.3 is 0 Å². The number of nitrogens with zero attached hydrogens (tertiary/aromatic N) is 1. The van der Waals surface area contributed by atoms with Crippen molar-refractivity contribution in [3.63, 3.8) is 0 Å². The maximum absolute atomic E-state index is 6.03. The van der Waals surface area contributed by atoms with Crippen LogP contribution in [0.3, 0.4) is 0 Å². The molecule has 0 unspecified atom stereocenters. The van der Waals surface area contributed by atoms with E-state index in [-0.39, 0.29) is 5.60 Å². The van der Waals surface area contributed by atoms with Crippen molar-refractivity contribution < 1.29 is 4.74 Å². The number of hydrogen-bond donors (Lipinski definition) is 0. The van der Waals surface area contributed by atoms with Crippen LogP contribution in [0.5, 0.6) is 0 Å². The van der Waals surface area contributed by atoms with Crippen molar-refractivity contribution in [1.82, 2.24) is 4.90 Å². The van der Waals surface area contributed by atoms with E-state index >= 15 is 0 Å². The molecule has 0 N–H and O–H groups in total. The van der Waals surface area contributed by atoms with Gasteiger partial charge in [0.25, 0.3) is 0 Å². The Kier molecular flexibility index (Phi) is 4.42. The predicted octanol–water partition coefficient (Wildman–Crippen LogP) is 3.31. The fourth-order valence-electron chi connectivity index (χ4n) is 2.36. The highest BCUT2D eigenvalue weighted by Gasteiger charge is 2.26. The van der Waals surface area contributed by atoms with Crippen LogP contribution in [0.4, 0.5) is 0 Å². The molecule has 96 valence electrons. The highest BCUT2D eigenvalue weighted by Crippen LogP contribution is 2.23. The summed E-state index contributed by atoms with van der Waals surface area (Å²) in [5.41, 5.74) is 0.425. The van der Waals surface area contributed by atoms with Gasteiger partial charge < -0.3 is 9.64 Å². The Morgan fingerprint density at radius 2 is 1.50 bits per heavy atom. The molecule has 2 heteroatoms. The number of rotatable bonds is 2. The molecular formula is C14H29NO. The second-order valence-corrected chi connectivity index (χ2v) is 7.27. The minimum absolute atomic E-state index is 0.0108. The maximum atomic E-state index is 6.03. The number of likely N-dealkylation sites (tertiary alicyclic amines) is 1. The van der Waals surface area contributed by atoms with E-state index in [4.69, 9.17) is 4.74 Å². The number of ether oxygens (including phenoxy) is 1. The molecular weight excluding hydrogens is 198 g/mol. The van der Waals surface area contributed by atoms with Crippen LogP contribution in [0.25, 0.3) is 0 Å². The van der Waals surface area contributed by atoms with Crippen LogP contribution >= 0.6 is 0 Å². The Bertz CT molecular complexity index is 180. The molecule has 1 fully saturated rings. The van der Waals surface area contributed by atoms with Gasteiger partial charge in [-0.2, -0.15) is 0 Å². The van der Waals surface area contributed by atoms with Gasteiger partial charge in [0, 0.05) is 19.6 Å². The third kappa shape index (κ3) is 5.86. The molecule has 0 bridgehead atoms. The van der Waals surface area contributed by atoms with Gasteiger partial charge in [0.1, 0.15) is 0 Å². The summed E-state index contributed by atoms with van der Waals surface area (Å²) in [6, 6.07) is 0. The number of piperidine rings is 1. The Labute approximate surface area is 101 Å². The lowest BCUT2D eigenvalue weighted by atomic mass is 9.94. The van der Waals surface area contributed by atoms with Crippen LogP contribution in [-0.2, 0) is 4.74 Å². The summed E-state index contributed by atoms with van der Waals surface area (Å²) in [6.45, 7) is 17.0. The van der Waals surface area contributed by atoms with E-state index < -0.39 is 0 Å². The van der Waals surface area contributed by atoms with Gasteiger partial charge in [-0.3, -0.25) is 0 Å². The van der Waals surface area contributed by atoms with Crippen LogP contribution in [-0.4, -0.2) is 36.2 Å². The van der Waals surface area contributed by atoms with Crippen molar-refractivity contribution in [2.45, 2.75) is 66.1 Å². The molecule has 0 spiro atoms. The second kappa shape index (κ2) is 5.05. The topological polar surface area (TPSA) is 12.5 Å². The lowest BCUT2D eigenvalue weighted by molar-refractivity contribution is -0.0838. The standard InChI is InChI=1S/C14H29NO/c1-13(2,3)11-15-9-7-12(8-10-15)16-14(4,5)6/h12H,7-11H2,1-6H3. The van der Waals surface area contributed by atoms with Gasteiger partial charge in [0.05, 0.1) is 11.7 Å². The molecule has 0 saturated carbocycles. The van der Waals surface area contributed by atoms with Crippen molar-refractivity contribution in [1.29, 1.82) is 0 Å². The van der Waals surface area contributed by atoms with Crippen LogP contribution in [0, 0.1) is 5.41 Å². The van der Waals surface area contributed by atoms with E-state index in [1.165, 1.54) is 32.5 Å². The lowest BCUT2D eigenvalue weighted by Crippen LogP contribution is -2.42. The maximum Gasteiger partial charge on any atom is 0.0606 e. The van der Waals surface area contributed by atoms with Gasteiger partial charge in [-0.25, -0.2) is 0 Å². The molecule has 0 radical (unpaired) electrons. The van der Waals surface area contributed by atoms with Gasteiger partial charge in [0.15, 0.2) is 0 Å². The van der Waals surface area contributed by atoms with Gasteiger partial charge in [-0.05, 0) is 39.0 Å². The molecule has 1 aliphatic rings. The first-order chi connectivity index (χ1) is 7.16. The molecule has 0 atom stereocenters. The zero-order valence-corrected chi connectivity index (χ0v) is 12.0. The zero-order valence-electron chi connectivity index (χ0n) is 12.0. The number of hydrogen-bond acceptors (Lipinski definition) is 2. The minimum Gasteiger partial charge on any atom is -0.373 e. The molecule has 0 aromatic heterocycles. The van der Waals surface area contributed by atoms with Crippen LogP contribution in [0.2, 0.25) is 0 Å². The average molecular weight is 227 g/mol. The normalized spacial score (nSPS) is 21.4. The molecule has 2 nitrogen and oxygen atoms in total. The van der Waals surface area contributed by atoms with E-state index in [2.05, 4.69) is 46.4 Å². The lowest BCUT2D eigenvalue weighted by Gasteiger charge is -2.38. The van der Waals surface area contributed by atoms with Crippen molar-refractivity contribution in [2.24, 2.45) is 5.41 Å². The van der Waals surface area contributed by atoms with Crippen molar-refractivity contribution in [3.8, 4) is 0 Å². The van der Waals surface area contributed by atoms with E-state index in [1.807, 2.05) is 0 Å². The van der Waals surface area contributed by atoms with Gasteiger partial charge in [-0.1, -0.05) is 20.8 Å². The quantitative estimate of drug-likeness (QED) is 0.717. The molecule has 1 saturated heterocycles. The van der Waals surface area contributed by atoms with E-state index in [0.29, 0.717) is 11.5 Å². The summed E-state index contributed by atoms with van der Waals surface area (Å²) < 4.78 is 6.03. The van der Waals surface area contributed by atoms with Crippen LogP contribution in [0.15, 0.2) is 0 Å². The fraction of sp³-hybridized carbons (Fsp3) is 1.00. The highest BCUT2D eigenvalue weighted by atomic mass is 16.5. The van der Waals surface area contributed by atoms with Crippen molar-refractivity contribution in [3.05, 3.63) is 0 Å². The van der Waals surface area contributed by atoms with E-state index in [9.17, 15) is 0 Å². The smallest absolute Gasteiger partial charge is 0.0606 e. The third-order valence-corrected chi connectivity index (χ3v) is 2.75. The van der Waals surface area contributed by atoms with Gasteiger partial charge in [0.2, 0.25) is 0 Å². The molecule has 16 heavy (non-hydrogen) atoms. The summed E-state index contributed by atoms with van der Waals surface area (Å²) in [7, 11) is 0. The fourth-order valence-corrected chi connectivity index (χ4v) is 2.36. The predicted molar refractivity (Wildman–Crippen MR) is 69.8 cm³/mol.